The van der Waals surface area contributed by atoms with Gasteiger partial charge in [-0.1, -0.05) is 6.07 Å². The molecule has 2 nitrogen and oxygen atoms in total. The summed E-state index contributed by atoms with van der Waals surface area (Å²) in [7, 11) is 0. The van der Waals surface area contributed by atoms with Gasteiger partial charge in [0.1, 0.15) is 5.82 Å². The van der Waals surface area contributed by atoms with Gasteiger partial charge in [-0.05, 0) is 73.0 Å². The molecular formula is C12H11Br2FN2S. The molecule has 0 fully saturated rings. The van der Waals surface area contributed by atoms with Crippen LogP contribution in [0.15, 0.2) is 37.9 Å². The smallest absolute Gasteiger partial charge is 0.137 e. The Morgan fingerprint density at radius 1 is 1.33 bits per heavy atom. The summed E-state index contributed by atoms with van der Waals surface area (Å²) in [6.07, 6.45) is 0.707. The van der Waals surface area contributed by atoms with E-state index in [0.717, 1.165) is 14.9 Å². The minimum atomic E-state index is -0.255. The standard InChI is InChI=1S/C12H11Br2FN2S/c13-9-3-7(1-2-10(9)15)4-11(17-16)8-5-12(14)18-6-8/h1-3,5-6,11,17H,4,16H2. The Morgan fingerprint density at radius 3 is 2.67 bits per heavy atom. The maximum atomic E-state index is 13.2. The average Bonchev–Trinajstić information content (AvgIpc) is 2.77. The molecule has 1 aromatic heterocycles. The summed E-state index contributed by atoms with van der Waals surface area (Å²) < 4.78 is 14.7. The third-order valence-electron chi connectivity index (χ3n) is 2.62. The molecule has 0 aliphatic heterocycles. The van der Waals surface area contributed by atoms with Crippen LogP contribution in [-0.2, 0) is 6.42 Å². The van der Waals surface area contributed by atoms with Crippen molar-refractivity contribution >= 4 is 43.2 Å². The van der Waals surface area contributed by atoms with Gasteiger partial charge in [0.2, 0.25) is 0 Å². The zero-order chi connectivity index (χ0) is 13.1. The molecular weight excluding hydrogens is 383 g/mol. The Hall–Kier alpha value is -0.270. The molecule has 96 valence electrons. The van der Waals surface area contributed by atoms with Gasteiger partial charge in [0.25, 0.3) is 0 Å². The lowest BCUT2D eigenvalue weighted by Gasteiger charge is -2.15. The number of benzene rings is 1. The molecule has 1 atom stereocenters. The van der Waals surface area contributed by atoms with Crippen LogP contribution in [0.4, 0.5) is 4.39 Å². The molecule has 1 aromatic carbocycles. The highest BCUT2D eigenvalue weighted by atomic mass is 79.9. The molecule has 18 heavy (non-hydrogen) atoms. The lowest BCUT2D eigenvalue weighted by Crippen LogP contribution is -2.29. The second-order valence-electron chi connectivity index (χ2n) is 3.86. The topological polar surface area (TPSA) is 38.0 Å². The summed E-state index contributed by atoms with van der Waals surface area (Å²) in [4.78, 5) is 0. The molecule has 0 aliphatic carbocycles. The predicted molar refractivity (Wildman–Crippen MR) is 79.9 cm³/mol. The Bertz CT molecular complexity index is 545. The molecule has 2 rings (SSSR count). The molecule has 6 heteroatoms. The number of nitrogens with two attached hydrogens (primary N) is 1. The Labute approximate surface area is 126 Å². The average molecular weight is 394 g/mol. The first-order chi connectivity index (χ1) is 8.60. The van der Waals surface area contributed by atoms with Crippen molar-refractivity contribution in [1.29, 1.82) is 0 Å². The third kappa shape index (κ3) is 3.39. The van der Waals surface area contributed by atoms with Crippen LogP contribution in [0.2, 0.25) is 0 Å². The van der Waals surface area contributed by atoms with E-state index in [9.17, 15) is 4.39 Å². The van der Waals surface area contributed by atoms with Gasteiger partial charge in [0.05, 0.1) is 14.3 Å². The van der Waals surface area contributed by atoms with Gasteiger partial charge in [0, 0.05) is 0 Å². The molecule has 1 unspecified atom stereocenters. The van der Waals surface area contributed by atoms with Gasteiger partial charge in [-0.2, -0.15) is 0 Å². The van der Waals surface area contributed by atoms with Crippen LogP contribution in [-0.4, -0.2) is 0 Å². The van der Waals surface area contributed by atoms with Gasteiger partial charge in [0.15, 0.2) is 0 Å². The van der Waals surface area contributed by atoms with E-state index in [2.05, 4.69) is 37.3 Å². The van der Waals surface area contributed by atoms with Crippen LogP contribution < -0.4 is 11.3 Å². The quantitative estimate of drug-likeness (QED) is 0.604. The highest BCUT2D eigenvalue weighted by molar-refractivity contribution is 9.11. The second kappa shape index (κ2) is 6.25. The van der Waals surface area contributed by atoms with Crippen molar-refractivity contribution < 1.29 is 4.39 Å². The second-order valence-corrected chi connectivity index (χ2v) is 7.00. The summed E-state index contributed by atoms with van der Waals surface area (Å²) in [6, 6.07) is 7.06. The third-order valence-corrected chi connectivity index (χ3v) is 4.75. The highest BCUT2D eigenvalue weighted by Crippen LogP contribution is 2.28. The SMILES string of the molecule is NNC(Cc1ccc(F)c(Br)c1)c1csc(Br)c1. The zero-order valence-electron chi connectivity index (χ0n) is 9.29. The van der Waals surface area contributed by atoms with Gasteiger partial charge in [-0.25, -0.2) is 4.39 Å². The highest BCUT2D eigenvalue weighted by Gasteiger charge is 2.13. The number of halogens is 3. The monoisotopic (exact) mass is 392 g/mol. The van der Waals surface area contributed by atoms with Crippen molar-refractivity contribution in [2.45, 2.75) is 12.5 Å². The number of thiophene rings is 1. The first-order valence-corrected chi connectivity index (χ1v) is 7.70. The van der Waals surface area contributed by atoms with Crippen molar-refractivity contribution in [3.63, 3.8) is 0 Å². The summed E-state index contributed by atoms with van der Waals surface area (Å²) in [6.45, 7) is 0. The fraction of sp³-hybridized carbons (Fsp3) is 0.167. The number of hydrogen-bond acceptors (Lipinski definition) is 3. The molecule has 3 N–H and O–H groups in total. The van der Waals surface area contributed by atoms with Crippen LogP contribution in [0.25, 0.3) is 0 Å². The van der Waals surface area contributed by atoms with Gasteiger partial charge < -0.3 is 0 Å². The van der Waals surface area contributed by atoms with Gasteiger partial charge in [-0.15, -0.1) is 11.3 Å². The Balaban J connectivity index is 2.17. The number of nitrogens with one attached hydrogen (secondary N) is 1. The van der Waals surface area contributed by atoms with Crippen LogP contribution in [0.5, 0.6) is 0 Å². The normalized spacial score (nSPS) is 12.7. The van der Waals surface area contributed by atoms with E-state index in [1.54, 1.807) is 23.5 Å². The summed E-state index contributed by atoms with van der Waals surface area (Å²) in [5, 5.41) is 2.05. The van der Waals surface area contributed by atoms with Gasteiger partial charge >= 0.3 is 0 Å². The van der Waals surface area contributed by atoms with E-state index in [-0.39, 0.29) is 11.9 Å². The maximum Gasteiger partial charge on any atom is 0.137 e. The zero-order valence-corrected chi connectivity index (χ0v) is 13.3. The molecule has 0 amide bonds. The van der Waals surface area contributed by atoms with Crippen molar-refractivity contribution in [2.75, 3.05) is 0 Å². The summed E-state index contributed by atoms with van der Waals surface area (Å²) in [5.74, 6) is 5.33. The number of hydrogen-bond donors (Lipinski definition) is 2. The Morgan fingerprint density at radius 2 is 2.11 bits per heavy atom. The van der Waals surface area contributed by atoms with Crippen molar-refractivity contribution in [3.8, 4) is 0 Å². The van der Waals surface area contributed by atoms with Crippen molar-refractivity contribution in [1.82, 2.24) is 5.43 Å². The molecule has 0 saturated carbocycles. The molecule has 0 aliphatic rings. The van der Waals surface area contributed by atoms with Gasteiger partial charge in [-0.3, -0.25) is 11.3 Å². The maximum absolute atomic E-state index is 13.2. The van der Waals surface area contributed by atoms with E-state index in [0.29, 0.717) is 10.9 Å². The summed E-state index contributed by atoms with van der Waals surface area (Å²) >= 11 is 8.23. The molecule has 0 spiro atoms. The lowest BCUT2D eigenvalue weighted by atomic mass is 10.0. The lowest BCUT2D eigenvalue weighted by molar-refractivity contribution is 0.552. The molecule has 0 saturated heterocycles. The fourth-order valence-corrected chi connectivity index (χ4v) is 3.34. The van der Waals surface area contributed by atoms with Crippen LogP contribution in [0, 0.1) is 5.82 Å². The van der Waals surface area contributed by atoms with Crippen LogP contribution in [0.3, 0.4) is 0 Å². The van der Waals surface area contributed by atoms with E-state index in [1.165, 1.54) is 6.07 Å². The predicted octanol–water partition coefficient (Wildman–Crippen LogP) is 4.16. The fourth-order valence-electron chi connectivity index (χ4n) is 1.68. The number of hydrazine groups is 1. The van der Waals surface area contributed by atoms with E-state index in [4.69, 9.17) is 5.84 Å². The molecule has 1 heterocycles. The molecule has 2 aromatic rings. The van der Waals surface area contributed by atoms with Crippen molar-refractivity contribution in [2.24, 2.45) is 5.84 Å². The van der Waals surface area contributed by atoms with E-state index >= 15 is 0 Å². The van der Waals surface area contributed by atoms with E-state index in [1.807, 2.05) is 11.4 Å². The largest absolute Gasteiger partial charge is 0.271 e. The molecule has 0 radical (unpaired) electrons. The van der Waals surface area contributed by atoms with Crippen molar-refractivity contribution in [3.05, 3.63) is 54.8 Å². The van der Waals surface area contributed by atoms with E-state index < -0.39 is 0 Å². The number of rotatable bonds is 4. The first kappa shape index (κ1) is 14.1. The Kier molecular flexibility index (Phi) is 4.91. The summed E-state index contributed by atoms with van der Waals surface area (Å²) in [5.41, 5.74) is 4.93. The minimum Gasteiger partial charge on any atom is -0.271 e. The van der Waals surface area contributed by atoms with Crippen LogP contribution in [0.1, 0.15) is 17.2 Å². The first-order valence-electron chi connectivity index (χ1n) is 5.24. The van der Waals surface area contributed by atoms with Crippen LogP contribution >= 0.6 is 43.2 Å². The molecule has 0 bridgehead atoms. The minimum absolute atomic E-state index is 0.0184.